The van der Waals surface area contributed by atoms with Gasteiger partial charge >= 0.3 is 0 Å². The second-order valence-corrected chi connectivity index (χ2v) is 4.80. The van der Waals surface area contributed by atoms with Gasteiger partial charge in [0.05, 0.1) is 16.8 Å². The SMILES string of the molecule is C[NH+]1c2ccccc2Sc2ccccc21. The van der Waals surface area contributed by atoms with Crippen LogP contribution in [0.25, 0.3) is 0 Å². The van der Waals surface area contributed by atoms with Crippen molar-refractivity contribution < 1.29 is 4.90 Å². The van der Waals surface area contributed by atoms with Crippen molar-refractivity contribution in [3.8, 4) is 0 Å². The second kappa shape index (κ2) is 3.40. The molecule has 1 aliphatic rings. The number of nitrogens with one attached hydrogen (secondary N) is 1. The van der Waals surface area contributed by atoms with E-state index < -0.39 is 0 Å². The Morgan fingerprint density at radius 3 is 1.80 bits per heavy atom. The minimum atomic E-state index is 1.37. The molecule has 1 aliphatic heterocycles. The average Bonchev–Trinajstić information content (AvgIpc) is 2.30. The van der Waals surface area contributed by atoms with Crippen molar-refractivity contribution in [2.45, 2.75) is 9.79 Å². The number of benzene rings is 2. The Morgan fingerprint density at radius 2 is 1.27 bits per heavy atom. The van der Waals surface area contributed by atoms with Crippen LogP contribution in [0, 0.1) is 0 Å². The van der Waals surface area contributed by atoms with Gasteiger partial charge in [-0.3, -0.25) is 4.90 Å². The molecule has 0 amide bonds. The summed E-state index contributed by atoms with van der Waals surface area (Å²) in [6, 6.07) is 17.2. The van der Waals surface area contributed by atoms with Gasteiger partial charge < -0.3 is 0 Å². The predicted octanol–water partition coefficient (Wildman–Crippen LogP) is 2.63. The van der Waals surface area contributed by atoms with Gasteiger partial charge in [-0.2, -0.15) is 0 Å². The van der Waals surface area contributed by atoms with Crippen molar-refractivity contribution >= 4 is 23.1 Å². The van der Waals surface area contributed by atoms with Crippen LogP contribution in [0.5, 0.6) is 0 Å². The Balaban J connectivity index is 2.20. The van der Waals surface area contributed by atoms with Crippen LogP contribution in [0.3, 0.4) is 0 Å². The van der Waals surface area contributed by atoms with E-state index in [9.17, 15) is 0 Å². The first kappa shape index (κ1) is 9.01. The van der Waals surface area contributed by atoms with Gasteiger partial charge in [-0.15, -0.1) is 0 Å². The minimum Gasteiger partial charge on any atom is -0.271 e. The number of rotatable bonds is 0. The Kier molecular flexibility index (Phi) is 2.04. The van der Waals surface area contributed by atoms with Crippen LogP contribution < -0.4 is 4.90 Å². The van der Waals surface area contributed by atoms with Crippen LogP contribution >= 0.6 is 11.8 Å². The van der Waals surface area contributed by atoms with Gasteiger partial charge in [-0.05, 0) is 12.1 Å². The molecule has 1 heterocycles. The summed E-state index contributed by atoms with van der Waals surface area (Å²) in [7, 11) is 2.21. The highest BCUT2D eigenvalue weighted by molar-refractivity contribution is 7.99. The molecule has 1 nitrogen and oxygen atoms in total. The van der Waals surface area contributed by atoms with Gasteiger partial charge in [-0.1, -0.05) is 36.0 Å². The summed E-state index contributed by atoms with van der Waals surface area (Å²) in [5.74, 6) is 0. The lowest BCUT2D eigenvalue weighted by Crippen LogP contribution is -2.99. The topological polar surface area (TPSA) is 4.44 Å². The fourth-order valence-corrected chi connectivity index (χ4v) is 3.19. The van der Waals surface area contributed by atoms with E-state index in [1.165, 1.54) is 26.1 Å². The van der Waals surface area contributed by atoms with Crippen LogP contribution in [-0.2, 0) is 0 Å². The highest BCUT2D eigenvalue weighted by Crippen LogP contribution is 2.39. The van der Waals surface area contributed by atoms with Crippen molar-refractivity contribution in [1.82, 2.24) is 0 Å². The van der Waals surface area contributed by atoms with E-state index in [2.05, 4.69) is 55.6 Å². The summed E-state index contributed by atoms with van der Waals surface area (Å²) in [6.07, 6.45) is 0. The normalized spacial score (nSPS) is 14.5. The third-order valence-corrected chi connectivity index (χ3v) is 3.95. The molecule has 3 rings (SSSR count). The van der Waals surface area contributed by atoms with E-state index in [-0.39, 0.29) is 0 Å². The van der Waals surface area contributed by atoms with Crippen molar-refractivity contribution in [1.29, 1.82) is 0 Å². The summed E-state index contributed by atoms with van der Waals surface area (Å²) in [6.45, 7) is 0. The predicted molar refractivity (Wildman–Crippen MR) is 63.2 cm³/mol. The molecule has 0 bridgehead atoms. The highest BCUT2D eigenvalue weighted by atomic mass is 32.2. The van der Waals surface area contributed by atoms with Crippen LogP contribution in [-0.4, -0.2) is 7.05 Å². The zero-order valence-corrected chi connectivity index (χ0v) is 9.34. The number of hydrogen-bond donors (Lipinski definition) is 1. The van der Waals surface area contributed by atoms with E-state index in [4.69, 9.17) is 0 Å². The summed E-state index contributed by atoms with van der Waals surface area (Å²) in [4.78, 5) is 4.13. The van der Waals surface area contributed by atoms with Crippen molar-refractivity contribution in [2.75, 3.05) is 7.05 Å². The van der Waals surface area contributed by atoms with Crippen LogP contribution in [0.4, 0.5) is 11.4 Å². The fourth-order valence-electron chi connectivity index (χ4n) is 1.99. The quantitative estimate of drug-likeness (QED) is 0.706. The molecule has 0 saturated carbocycles. The van der Waals surface area contributed by atoms with Gasteiger partial charge in [0, 0.05) is 12.1 Å². The highest BCUT2D eigenvalue weighted by Gasteiger charge is 2.24. The van der Waals surface area contributed by atoms with Gasteiger partial charge in [0.25, 0.3) is 0 Å². The minimum absolute atomic E-state index is 1.37. The maximum atomic E-state index is 2.21. The molecule has 2 heteroatoms. The Bertz CT molecular complexity index is 462. The Hall–Kier alpha value is -1.25. The van der Waals surface area contributed by atoms with Crippen molar-refractivity contribution in [2.24, 2.45) is 0 Å². The van der Waals surface area contributed by atoms with E-state index in [1.807, 2.05) is 11.8 Å². The monoisotopic (exact) mass is 214 g/mol. The lowest BCUT2D eigenvalue weighted by atomic mass is 10.2. The maximum Gasteiger partial charge on any atom is 0.150 e. The number of quaternary nitrogens is 1. The first-order chi connectivity index (χ1) is 7.36. The third kappa shape index (κ3) is 1.37. The molecule has 0 spiro atoms. The zero-order chi connectivity index (χ0) is 10.3. The average molecular weight is 214 g/mol. The molecular weight excluding hydrogens is 202 g/mol. The molecule has 0 unspecified atom stereocenters. The van der Waals surface area contributed by atoms with Crippen LogP contribution in [0.1, 0.15) is 0 Å². The van der Waals surface area contributed by atoms with E-state index >= 15 is 0 Å². The number of fused-ring (bicyclic) bond motifs is 2. The molecule has 1 N–H and O–H groups in total. The third-order valence-electron chi connectivity index (χ3n) is 2.80. The first-order valence-electron chi connectivity index (χ1n) is 5.06. The van der Waals surface area contributed by atoms with Crippen LogP contribution in [0.15, 0.2) is 58.3 Å². The molecule has 15 heavy (non-hydrogen) atoms. The summed E-state index contributed by atoms with van der Waals surface area (Å²) in [5, 5.41) is 0. The molecule has 0 aliphatic carbocycles. The lowest BCUT2D eigenvalue weighted by molar-refractivity contribution is -0.739. The fraction of sp³-hybridized carbons (Fsp3) is 0.0769. The molecule has 0 aromatic heterocycles. The molecule has 2 aromatic rings. The largest absolute Gasteiger partial charge is 0.271 e. The van der Waals surface area contributed by atoms with Gasteiger partial charge in [-0.25, -0.2) is 0 Å². The summed E-state index contributed by atoms with van der Waals surface area (Å²) < 4.78 is 0. The van der Waals surface area contributed by atoms with E-state index in [0.717, 1.165) is 0 Å². The molecule has 74 valence electrons. The molecule has 0 radical (unpaired) electrons. The summed E-state index contributed by atoms with van der Waals surface area (Å²) in [5.41, 5.74) is 2.75. The first-order valence-corrected chi connectivity index (χ1v) is 5.88. The Labute approximate surface area is 93.7 Å². The lowest BCUT2D eigenvalue weighted by Gasteiger charge is -2.23. The van der Waals surface area contributed by atoms with Gasteiger partial charge in [0.2, 0.25) is 0 Å². The van der Waals surface area contributed by atoms with Crippen molar-refractivity contribution in [3.63, 3.8) is 0 Å². The number of para-hydroxylation sites is 2. The van der Waals surface area contributed by atoms with Crippen molar-refractivity contribution in [3.05, 3.63) is 48.5 Å². The van der Waals surface area contributed by atoms with E-state index in [1.54, 1.807) is 0 Å². The van der Waals surface area contributed by atoms with Crippen LogP contribution in [0.2, 0.25) is 0 Å². The number of hydrogen-bond acceptors (Lipinski definition) is 1. The second-order valence-electron chi connectivity index (χ2n) is 3.72. The summed E-state index contributed by atoms with van der Waals surface area (Å²) >= 11 is 1.87. The molecule has 0 atom stereocenters. The Morgan fingerprint density at radius 1 is 0.800 bits per heavy atom. The smallest absolute Gasteiger partial charge is 0.150 e. The standard InChI is InChI=1S/C13H11NS/c1-14-10-6-2-4-8-12(10)15-13-9-5-3-7-11(13)14/h2-9H,1H3/p+1. The van der Waals surface area contributed by atoms with E-state index in [0.29, 0.717) is 0 Å². The maximum absolute atomic E-state index is 2.21. The molecule has 2 aromatic carbocycles. The molecule has 0 fully saturated rings. The van der Waals surface area contributed by atoms with Gasteiger partial charge in [0.1, 0.15) is 11.4 Å². The molecule has 0 saturated heterocycles. The zero-order valence-electron chi connectivity index (χ0n) is 8.53. The van der Waals surface area contributed by atoms with Gasteiger partial charge in [0.15, 0.2) is 0 Å². The molecular formula is C13H12NS+.